The van der Waals surface area contributed by atoms with Gasteiger partial charge in [0.15, 0.2) is 0 Å². The summed E-state index contributed by atoms with van der Waals surface area (Å²) in [6.07, 6.45) is 3.98. The van der Waals surface area contributed by atoms with Crippen molar-refractivity contribution in [2.75, 3.05) is 32.4 Å². The fourth-order valence-electron chi connectivity index (χ4n) is 2.40. The van der Waals surface area contributed by atoms with Gasteiger partial charge in [-0.3, -0.25) is 0 Å². The van der Waals surface area contributed by atoms with Gasteiger partial charge >= 0.3 is 0 Å². The summed E-state index contributed by atoms with van der Waals surface area (Å²) in [7, 11) is 2.18. The number of rotatable bonds is 6. The van der Waals surface area contributed by atoms with Crippen molar-refractivity contribution >= 4 is 11.8 Å². The summed E-state index contributed by atoms with van der Waals surface area (Å²) in [6, 6.07) is 7.41. The molecule has 0 amide bonds. The second kappa shape index (κ2) is 7.88. The standard InChI is InChI=1S/C15H23FN2S/c1-18(12-14-4-2-3-9-17-14)10-11-19-15-7-5-13(16)6-8-15/h5-8,14,17H,2-4,9-12H2,1H3. The predicted molar refractivity (Wildman–Crippen MR) is 80.3 cm³/mol. The van der Waals surface area contributed by atoms with Crippen LogP contribution in [0.4, 0.5) is 4.39 Å². The van der Waals surface area contributed by atoms with E-state index in [9.17, 15) is 4.39 Å². The minimum Gasteiger partial charge on any atom is -0.313 e. The number of piperidine rings is 1. The Kier molecular flexibility index (Phi) is 6.14. The number of nitrogens with zero attached hydrogens (tertiary/aromatic N) is 1. The average Bonchev–Trinajstić information content (AvgIpc) is 2.42. The van der Waals surface area contributed by atoms with E-state index < -0.39 is 0 Å². The SMILES string of the molecule is CN(CCSc1ccc(F)cc1)CC1CCCCN1. The number of hydrogen-bond donors (Lipinski definition) is 1. The van der Waals surface area contributed by atoms with E-state index in [0.29, 0.717) is 6.04 Å². The normalized spacial score (nSPS) is 19.8. The van der Waals surface area contributed by atoms with Gasteiger partial charge in [-0.1, -0.05) is 6.42 Å². The highest BCUT2D eigenvalue weighted by atomic mass is 32.2. The number of hydrogen-bond acceptors (Lipinski definition) is 3. The molecule has 1 N–H and O–H groups in total. The molecule has 0 aromatic heterocycles. The number of thioether (sulfide) groups is 1. The van der Waals surface area contributed by atoms with Gasteiger partial charge in [0.1, 0.15) is 5.82 Å². The molecular weight excluding hydrogens is 259 g/mol. The van der Waals surface area contributed by atoms with Gasteiger partial charge in [0.2, 0.25) is 0 Å². The molecule has 106 valence electrons. The van der Waals surface area contributed by atoms with Crippen molar-refractivity contribution in [3.63, 3.8) is 0 Å². The van der Waals surface area contributed by atoms with Crippen molar-refractivity contribution in [1.82, 2.24) is 10.2 Å². The van der Waals surface area contributed by atoms with Crippen LogP contribution in [-0.4, -0.2) is 43.4 Å². The molecule has 1 aromatic carbocycles. The highest BCUT2D eigenvalue weighted by Crippen LogP contribution is 2.18. The second-order valence-corrected chi connectivity index (χ2v) is 6.38. The summed E-state index contributed by atoms with van der Waals surface area (Å²) in [4.78, 5) is 3.53. The molecule has 1 fully saturated rings. The quantitative estimate of drug-likeness (QED) is 0.808. The summed E-state index contributed by atoms with van der Waals surface area (Å²) >= 11 is 1.79. The highest BCUT2D eigenvalue weighted by Gasteiger charge is 2.14. The van der Waals surface area contributed by atoms with Crippen LogP contribution in [-0.2, 0) is 0 Å². The van der Waals surface area contributed by atoms with E-state index in [1.807, 2.05) is 12.1 Å². The molecule has 0 saturated carbocycles. The molecule has 1 unspecified atom stereocenters. The van der Waals surface area contributed by atoms with Crippen LogP contribution in [0, 0.1) is 5.82 Å². The molecule has 0 aliphatic carbocycles. The zero-order valence-corrected chi connectivity index (χ0v) is 12.4. The summed E-state index contributed by atoms with van der Waals surface area (Å²) in [5.41, 5.74) is 0. The van der Waals surface area contributed by atoms with Gasteiger partial charge in [-0.15, -0.1) is 11.8 Å². The Bertz CT molecular complexity index is 363. The molecule has 0 bridgehead atoms. The third-order valence-corrected chi connectivity index (χ3v) is 4.49. The molecule has 2 nitrogen and oxygen atoms in total. The first-order valence-corrected chi connectivity index (χ1v) is 8.03. The molecule has 1 aliphatic rings. The van der Waals surface area contributed by atoms with Crippen LogP contribution in [0.15, 0.2) is 29.2 Å². The highest BCUT2D eigenvalue weighted by molar-refractivity contribution is 7.99. The molecule has 19 heavy (non-hydrogen) atoms. The largest absolute Gasteiger partial charge is 0.313 e. The zero-order chi connectivity index (χ0) is 13.5. The zero-order valence-electron chi connectivity index (χ0n) is 11.6. The van der Waals surface area contributed by atoms with Crippen molar-refractivity contribution in [1.29, 1.82) is 0 Å². The average molecular weight is 282 g/mol. The van der Waals surface area contributed by atoms with Crippen LogP contribution in [0.5, 0.6) is 0 Å². The second-order valence-electron chi connectivity index (χ2n) is 5.21. The van der Waals surface area contributed by atoms with Crippen LogP contribution in [0.3, 0.4) is 0 Å². The molecule has 1 atom stereocenters. The molecule has 1 aromatic rings. The van der Waals surface area contributed by atoms with Crippen molar-refractivity contribution in [3.8, 4) is 0 Å². The van der Waals surface area contributed by atoms with Crippen LogP contribution in [0.2, 0.25) is 0 Å². The van der Waals surface area contributed by atoms with E-state index in [1.165, 1.54) is 37.9 Å². The summed E-state index contributed by atoms with van der Waals surface area (Å²) in [6.45, 7) is 3.37. The van der Waals surface area contributed by atoms with Gasteiger partial charge in [-0.05, 0) is 50.7 Å². The van der Waals surface area contributed by atoms with Crippen molar-refractivity contribution < 1.29 is 4.39 Å². The van der Waals surface area contributed by atoms with E-state index in [2.05, 4.69) is 17.3 Å². The fourth-order valence-corrected chi connectivity index (χ4v) is 3.36. The number of nitrogens with one attached hydrogen (secondary N) is 1. The maximum absolute atomic E-state index is 12.8. The van der Waals surface area contributed by atoms with Crippen molar-refractivity contribution in [2.45, 2.75) is 30.2 Å². The minimum atomic E-state index is -0.162. The van der Waals surface area contributed by atoms with E-state index in [-0.39, 0.29) is 5.82 Å². The van der Waals surface area contributed by atoms with Gasteiger partial charge in [0.25, 0.3) is 0 Å². The van der Waals surface area contributed by atoms with Crippen molar-refractivity contribution in [2.24, 2.45) is 0 Å². The molecule has 4 heteroatoms. The van der Waals surface area contributed by atoms with Gasteiger partial charge in [0, 0.05) is 29.8 Å². The first-order valence-electron chi connectivity index (χ1n) is 7.04. The maximum Gasteiger partial charge on any atom is 0.123 e. The topological polar surface area (TPSA) is 15.3 Å². The lowest BCUT2D eigenvalue weighted by Gasteiger charge is -2.28. The number of halogens is 1. The van der Waals surface area contributed by atoms with E-state index in [4.69, 9.17) is 0 Å². The lowest BCUT2D eigenvalue weighted by molar-refractivity contribution is 0.273. The van der Waals surface area contributed by atoms with Gasteiger partial charge in [0.05, 0.1) is 0 Å². The summed E-state index contributed by atoms with van der Waals surface area (Å²) in [5, 5.41) is 3.57. The number of likely N-dealkylation sites (N-methyl/N-ethyl adjacent to an activating group) is 1. The third kappa shape index (κ3) is 5.51. The molecule has 1 aliphatic heterocycles. The Morgan fingerprint density at radius 3 is 2.79 bits per heavy atom. The van der Waals surface area contributed by atoms with Crippen LogP contribution < -0.4 is 5.32 Å². The predicted octanol–water partition coefficient (Wildman–Crippen LogP) is 2.99. The number of benzene rings is 1. The summed E-state index contributed by atoms with van der Waals surface area (Å²) < 4.78 is 12.8. The molecular formula is C15H23FN2S. The molecule has 1 saturated heterocycles. The van der Waals surface area contributed by atoms with E-state index in [1.54, 1.807) is 11.8 Å². The van der Waals surface area contributed by atoms with Crippen molar-refractivity contribution in [3.05, 3.63) is 30.1 Å². The summed E-state index contributed by atoms with van der Waals surface area (Å²) in [5.74, 6) is 0.888. The Balaban J connectivity index is 1.63. The molecule has 0 spiro atoms. The lowest BCUT2D eigenvalue weighted by Crippen LogP contribution is -2.42. The molecule has 1 heterocycles. The first kappa shape index (κ1) is 14.8. The Morgan fingerprint density at radius 2 is 2.11 bits per heavy atom. The minimum absolute atomic E-state index is 0.162. The molecule has 0 radical (unpaired) electrons. The third-order valence-electron chi connectivity index (χ3n) is 3.50. The fraction of sp³-hybridized carbons (Fsp3) is 0.600. The Labute approximate surface area is 119 Å². The van der Waals surface area contributed by atoms with Gasteiger partial charge in [-0.25, -0.2) is 4.39 Å². The van der Waals surface area contributed by atoms with E-state index in [0.717, 1.165) is 23.7 Å². The monoisotopic (exact) mass is 282 g/mol. The van der Waals surface area contributed by atoms with E-state index >= 15 is 0 Å². The van der Waals surface area contributed by atoms with Crippen LogP contribution in [0.25, 0.3) is 0 Å². The molecule has 2 rings (SSSR count). The van der Waals surface area contributed by atoms with Gasteiger partial charge < -0.3 is 10.2 Å². The van der Waals surface area contributed by atoms with Crippen LogP contribution in [0.1, 0.15) is 19.3 Å². The Morgan fingerprint density at radius 1 is 1.32 bits per heavy atom. The first-order chi connectivity index (χ1) is 9.24. The maximum atomic E-state index is 12.8. The van der Waals surface area contributed by atoms with Gasteiger partial charge in [-0.2, -0.15) is 0 Å². The Hall–Kier alpha value is -0.580. The smallest absolute Gasteiger partial charge is 0.123 e. The van der Waals surface area contributed by atoms with Crippen LogP contribution >= 0.6 is 11.8 Å². The lowest BCUT2D eigenvalue weighted by atomic mass is 10.0.